The topological polar surface area (TPSA) is 78.4 Å². The maximum Gasteiger partial charge on any atom is 0.416 e. The average molecular weight is 274 g/mol. The molecule has 0 saturated carbocycles. The van der Waals surface area contributed by atoms with Gasteiger partial charge in [0.1, 0.15) is 0 Å². The summed E-state index contributed by atoms with van der Waals surface area (Å²) < 4.78 is 37.8. The molecule has 0 bridgehead atoms. The first kappa shape index (κ1) is 13.2. The Morgan fingerprint density at radius 1 is 1.37 bits per heavy atom. The molecule has 1 heterocycles. The van der Waals surface area contributed by atoms with Crippen molar-refractivity contribution in [2.45, 2.75) is 11.7 Å². The van der Waals surface area contributed by atoms with Crippen LogP contribution in [0.5, 0.6) is 0 Å². The summed E-state index contributed by atoms with van der Waals surface area (Å²) in [6, 6.07) is 3.16. The predicted octanol–water partition coefficient (Wildman–Crippen LogP) is 1.30. The van der Waals surface area contributed by atoms with Crippen molar-refractivity contribution in [3.63, 3.8) is 0 Å². The van der Waals surface area contributed by atoms with Crippen LogP contribution in [0.1, 0.15) is 11.1 Å². The van der Waals surface area contributed by atoms with Gasteiger partial charge in [0.05, 0.1) is 12.1 Å². The first-order valence-electron chi connectivity index (χ1n) is 5.23. The normalized spacial score (nSPS) is 22.8. The molecule has 1 saturated heterocycles. The van der Waals surface area contributed by atoms with Gasteiger partial charge < -0.3 is 15.7 Å². The standard InChI is InChI=1S/C11H9F3N2O3/c12-11(13,14)7-3-1-2-6(4-7)10(8(17)18)5-15-9(19)16-10/h1-4H,5H2,(H,17,18)(H2,15,16,19). The molecule has 1 aliphatic heterocycles. The summed E-state index contributed by atoms with van der Waals surface area (Å²) in [6.07, 6.45) is -4.58. The first-order chi connectivity index (χ1) is 8.75. The summed E-state index contributed by atoms with van der Waals surface area (Å²) in [6.45, 7) is -0.317. The summed E-state index contributed by atoms with van der Waals surface area (Å²) >= 11 is 0. The molecule has 102 valence electrons. The number of alkyl halides is 3. The van der Waals surface area contributed by atoms with E-state index in [2.05, 4.69) is 10.6 Å². The van der Waals surface area contributed by atoms with Gasteiger partial charge in [0.25, 0.3) is 0 Å². The second-order valence-electron chi connectivity index (χ2n) is 4.10. The maximum absolute atomic E-state index is 12.6. The molecule has 1 aliphatic rings. The minimum atomic E-state index is -4.58. The second-order valence-corrected chi connectivity index (χ2v) is 4.10. The highest BCUT2D eigenvalue weighted by Gasteiger charge is 2.47. The number of urea groups is 1. The molecule has 0 radical (unpaired) electrons. The van der Waals surface area contributed by atoms with Gasteiger partial charge in [0.2, 0.25) is 0 Å². The van der Waals surface area contributed by atoms with Crippen molar-refractivity contribution < 1.29 is 27.9 Å². The first-order valence-corrected chi connectivity index (χ1v) is 5.23. The molecule has 0 spiro atoms. The van der Waals surface area contributed by atoms with Gasteiger partial charge in [-0.05, 0) is 17.7 Å². The number of aliphatic carboxylic acids is 1. The zero-order valence-corrected chi connectivity index (χ0v) is 9.41. The van der Waals surface area contributed by atoms with Crippen LogP contribution in [0.25, 0.3) is 0 Å². The Kier molecular flexibility index (Phi) is 2.88. The van der Waals surface area contributed by atoms with Crippen molar-refractivity contribution in [3.8, 4) is 0 Å². The fourth-order valence-electron chi connectivity index (χ4n) is 1.88. The number of amides is 2. The van der Waals surface area contributed by atoms with E-state index >= 15 is 0 Å². The fourth-order valence-corrected chi connectivity index (χ4v) is 1.88. The van der Waals surface area contributed by atoms with Crippen LogP contribution < -0.4 is 10.6 Å². The number of halogens is 3. The summed E-state index contributed by atoms with van der Waals surface area (Å²) in [5.74, 6) is -1.43. The van der Waals surface area contributed by atoms with Gasteiger partial charge in [-0.1, -0.05) is 12.1 Å². The predicted molar refractivity (Wildman–Crippen MR) is 57.3 cm³/mol. The van der Waals surface area contributed by atoms with E-state index in [4.69, 9.17) is 0 Å². The zero-order valence-electron chi connectivity index (χ0n) is 9.41. The fraction of sp³-hybridized carbons (Fsp3) is 0.273. The molecule has 8 heteroatoms. The van der Waals surface area contributed by atoms with Crippen LogP contribution in [0, 0.1) is 0 Å². The van der Waals surface area contributed by atoms with E-state index in [0.717, 1.165) is 18.2 Å². The average Bonchev–Trinajstić information content (AvgIpc) is 2.72. The molecule has 0 aromatic heterocycles. The van der Waals surface area contributed by atoms with Gasteiger partial charge in [-0.3, -0.25) is 0 Å². The number of rotatable bonds is 2. The Hall–Kier alpha value is -2.25. The lowest BCUT2D eigenvalue weighted by Crippen LogP contribution is -2.48. The van der Waals surface area contributed by atoms with Gasteiger partial charge in [-0.25, -0.2) is 9.59 Å². The lowest BCUT2D eigenvalue weighted by Gasteiger charge is -2.24. The smallest absolute Gasteiger partial charge is 0.416 e. The van der Waals surface area contributed by atoms with E-state index in [9.17, 15) is 27.9 Å². The molecule has 1 unspecified atom stereocenters. The molecule has 0 aliphatic carbocycles. The van der Waals surface area contributed by atoms with Crippen molar-refractivity contribution in [2.75, 3.05) is 6.54 Å². The highest BCUT2D eigenvalue weighted by molar-refractivity contribution is 5.91. The molecule has 2 rings (SSSR count). The molecular weight excluding hydrogens is 265 g/mol. The highest BCUT2D eigenvalue weighted by atomic mass is 19.4. The lowest BCUT2D eigenvalue weighted by atomic mass is 9.89. The van der Waals surface area contributed by atoms with E-state index in [1.165, 1.54) is 6.07 Å². The van der Waals surface area contributed by atoms with Crippen molar-refractivity contribution in [3.05, 3.63) is 35.4 Å². The van der Waals surface area contributed by atoms with Crippen molar-refractivity contribution in [1.82, 2.24) is 10.6 Å². The van der Waals surface area contributed by atoms with Crippen LogP contribution in [0.15, 0.2) is 24.3 Å². The second kappa shape index (κ2) is 4.15. The maximum atomic E-state index is 12.6. The van der Waals surface area contributed by atoms with Crippen LogP contribution in [0.2, 0.25) is 0 Å². The summed E-state index contributed by atoms with van der Waals surface area (Å²) in [5.41, 5.74) is -2.97. The zero-order chi connectivity index (χ0) is 14.3. The van der Waals surface area contributed by atoms with E-state index in [0.29, 0.717) is 0 Å². The molecule has 2 amide bonds. The minimum Gasteiger partial charge on any atom is -0.479 e. The Balaban J connectivity index is 2.50. The molecule has 1 aromatic rings. The summed E-state index contributed by atoms with van der Waals surface area (Å²) in [7, 11) is 0. The van der Waals surface area contributed by atoms with Crippen molar-refractivity contribution >= 4 is 12.0 Å². The lowest BCUT2D eigenvalue weighted by molar-refractivity contribution is -0.144. The van der Waals surface area contributed by atoms with Gasteiger partial charge >= 0.3 is 18.2 Å². The SMILES string of the molecule is O=C1NCC(C(=O)O)(c2cccc(C(F)(F)F)c2)N1. The third-order valence-electron chi connectivity index (χ3n) is 2.89. The number of hydrogen-bond donors (Lipinski definition) is 3. The van der Waals surface area contributed by atoms with Crippen molar-refractivity contribution in [1.29, 1.82) is 0 Å². The number of benzene rings is 1. The van der Waals surface area contributed by atoms with Crippen LogP contribution in [0.3, 0.4) is 0 Å². The molecule has 3 N–H and O–H groups in total. The summed E-state index contributed by atoms with van der Waals surface area (Å²) in [5, 5.41) is 13.6. The highest BCUT2D eigenvalue weighted by Crippen LogP contribution is 2.33. The Morgan fingerprint density at radius 3 is 2.53 bits per heavy atom. The minimum absolute atomic E-state index is 0.131. The van der Waals surface area contributed by atoms with E-state index in [-0.39, 0.29) is 12.1 Å². The Bertz CT molecular complexity index is 544. The number of nitrogens with one attached hydrogen (secondary N) is 2. The monoisotopic (exact) mass is 274 g/mol. The number of carbonyl (C=O) groups excluding carboxylic acids is 1. The van der Waals surface area contributed by atoms with E-state index in [1.807, 2.05) is 0 Å². The molecule has 19 heavy (non-hydrogen) atoms. The van der Waals surface area contributed by atoms with Crippen LogP contribution in [-0.4, -0.2) is 23.7 Å². The molecular formula is C11H9F3N2O3. The Morgan fingerprint density at radius 2 is 2.05 bits per heavy atom. The van der Waals surface area contributed by atoms with Gasteiger partial charge in [0.15, 0.2) is 5.54 Å². The van der Waals surface area contributed by atoms with Crippen molar-refractivity contribution in [2.24, 2.45) is 0 Å². The molecule has 1 atom stereocenters. The van der Waals surface area contributed by atoms with Gasteiger partial charge in [0, 0.05) is 0 Å². The van der Waals surface area contributed by atoms with E-state index < -0.39 is 29.3 Å². The summed E-state index contributed by atoms with van der Waals surface area (Å²) in [4.78, 5) is 22.4. The van der Waals surface area contributed by atoms with Crippen LogP contribution >= 0.6 is 0 Å². The molecule has 1 aromatic carbocycles. The van der Waals surface area contributed by atoms with Gasteiger partial charge in [-0.2, -0.15) is 13.2 Å². The molecule has 1 fully saturated rings. The third-order valence-corrected chi connectivity index (χ3v) is 2.89. The Labute approximate surface area is 105 Å². The van der Waals surface area contributed by atoms with E-state index in [1.54, 1.807) is 0 Å². The number of carbonyl (C=O) groups is 2. The number of carboxylic acid groups (broad SMARTS) is 1. The third kappa shape index (κ3) is 2.20. The number of carboxylic acids is 1. The number of hydrogen-bond acceptors (Lipinski definition) is 2. The van der Waals surface area contributed by atoms with Crippen LogP contribution in [-0.2, 0) is 16.5 Å². The van der Waals surface area contributed by atoms with Gasteiger partial charge in [-0.15, -0.1) is 0 Å². The molecule has 5 nitrogen and oxygen atoms in total. The largest absolute Gasteiger partial charge is 0.479 e. The van der Waals surface area contributed by atoms with Crippen LogP contribution in [0.4, 0.5) is 18.0 Å². The quantitative estimate of drug-likeness (QED) is 0.760.